The Morgan fingerprint density at radius 3 is 2.87 bits per heavy atom. The molecule has 2 aromatic heterocycles. The molecule has 1 saturated carbocycles. The van der Waals surface area contributed by atoms with E-state index in [1.54, 1.807) is 18.3 Å². The lowest BCUT2D eigenvalue weighted by Crippen LogP contribution is -2.48. The molecule has 1 saturated heterocycles. The number of imidazole rings is 1. The van der Waals surface area contributed by atoms with E-state index in [-0.39, 0.29) is 17.6 Å². The van der Waals surface area contributed by atoms with Gasteiger partial charge in [0.2, 0.25) is 5.91 Å². The third-order valence-corrected chi connectivity index (χ3v) is 6.86. The van der Waals surface area contributed by atoms with Gasteiger partial charge in [0.05, 0.1) is 18.6 Å². The minimum atomic E-state index is -0.740. The molecule has 5 nitrogen and oxygen atoms in total. The van der Waals surface area contributed by atoms with Gasteiger partial charge < -0.3 is 14.0 Å². The molecule has 2 fully saturated rings. The molecule has 6 heteroatoms. The first-order valence-electron chi connectivity index (χ1n) is 11.2. The second-order valence-electron chi connectivity index (χ2n) is 8.90. The first-order valence-corrected chi connectivity index (χ1v) is 11.2. The Bertz CT molecular complexity index is 1070. The van der Waals surface area contributed by atoms with E-state index < -0.39 is 5.41 Å². The molecule has 0 bridgehead atoms. The predicted octanol–water partition coefficient (Wildman–Crippen LogP) is 4.00. The molecule has 3 heterocycles. The van der Waals surface area contributed by atoms with E-state index in [9.17, 15) is 9.18 Å². The molecule has 1 aromatic carbocycles. The maximum Gasteiger partial charge on any atom is 0.233 e. The lowest BCUT2D eigenvalue weighted by atomic mass is 9.77. The molecule has 0 radical (unpaired) electrons. The Hall–Kier alpha value is -2.73. The first-order chi connectivity index (χ1) is 15.2. The van der Waals surface area contributed by atoms with Crippen molar-refractivity contribution in [1.82, 2.24) is 14.3 Å². The minimum absolute atomic E-state index is 0.0654. The number of rotatable bonds is 4. The summed E-state index contributed by atoms with van der Waals surface area (Å²) in [6.07, 6.45) is 9.99. The van der Waals surface area contributed by atoms with Crippen LogP contribution in [0.4, 0.5) is 4.39 Å². The quantitative estimate of drug-likeness (QED) is 0.640. The third kappa shape index (κ3) is 3.85. The number of fused-ring (bicyclic) bond motifs is 1. The summed E-state index contributed by atoms with van der Waals surface area (Å²) in [4.78, 5) is 20.1. The number of amides is 1. The maximum absolute atomic E-state index is 14.8. The van der Waals surface area contributed by atoms with Crippen molar-refractivity contribution < 1.29 is 13.9 Å². The largest absolute Gasteiger partial charge is 0.379 e. The van der Waals surface area contributed by atoms with E-state index in [2.05, 4.69) is 17.2 Å². The lowest BCUT2D eigenvalue weighted by molar-refractivity contribution is -0.138. The molecule has 0 spiro atoms. The fraction of sp³-hybridized carbons (Fsp3) is 0.440. The van der Waals surface area contributed by atoms with E-state index >= 15 is 0 Å². The zero-order valence-corrected chi connectivity index (χ0v) is 17.7. The number of pyridine rings is 1. The van der Waals surface area contributed by atoms with Crippen molar-refractivity contribution >= 4 is 11.6 Å². The van der Waals surface area contributed by atoms with Crippen LogP contribution in [0.25, 0.3) is 5.65 Å². The van der Waals surface area contributed by atoms with Gasteiger partial charge in [-0.2, -0.15) is 0 Å². The fourth-order valence-corrected chi connectivity index (χ4v) is 5.34. The summed E-state index contributed by atoms with van der Waals surface area (Å²) < 4.78 is 22.6. The van der Waals surface area contributed by atoms with Crippen LogP contribution >= 0.6 is 0 Å². The summed E-state index contributed by atoms with van der Waals surface area (Å²) >= 11 is 0. The van der Waals surface area contributed by atoms with Gasteiger partial charge in [-0.25, -0.2) is 9.37 Å². The van der Waals surface area contributed by atoms with E-state index in [1.807, 2.05) is 27.6 Å². The van der Waals surface area contributed by atoms with Crippen LogP contribution in [-0.2, 0) is 21.4 Å². The number of carbonyl (C=O) groups is 1. The van der Waals surface area contributed by atoms with E-state index in [0.29, 0.717) is 44.7 Å². The molecular formula is C25H28FN3O2. The van der Waals surface area contributed by atoms with Crippen LogP contribution in [0, 0.1) is 11.7 Å². The number of halogens is 1. The average Bonchev–Trinajstić information content (AvgIpc) is 3.40. The van der Waals surface area contributed by atoms with Gasteiger partial charge in [-0.1, -0.05) is 37.1 Å². The Morgan fingerprint density at radius 1 is 1.19 bits per heavy atom. The highest BCUT2D eigenvalue weighted by atomic mass is 19.1. The molecule has 1 amide bonds. The normalized spacial score (nSPS) is 21.3. The number of nitrogens with zero attached hydrogens (tertiary/aromatic N) is 3. The molecule has 1 unspecified atom stereocenters. The van der Waals surface area contributed by atoms with Gasteiger partial charge in [-0.3, -0.25) is 4.79 Å². The highest BCUT2D eigenvalue weighted by Gasteiger charge is 2.46. The molecule has 1 aliphatic heterocycles. The average molecular weight is 422 g/mol. The summed E-state index contributed by atoms with van der Waals surface area (Å²) in [5.41, 5.74) is 1.93. The van der Waals surface area contributed by atoms with Gasteiger partial charge >= 0.3 is 0 Å². The topological polar surface area (TPSA) is 46.8 Å². The van der Waals surface area contributed by atoms with Gasteiger partial charge in [-0.15, -0.1) is 0 Å². The molecule has 31 heavy (non-hydrogen) atoms. The van der Waals surface area contributed by atoms with Crippen molar-refractivity contribution in [3.05, 3.63) is 71.9 Å². The van der Waals surface area contributed by atoms with Crippen molar-refractivity contribution in [3.63, 3.8) is 0 Å². The number of hydrogen-bond acceptors (Lipinski definition) is 3. The number of ether oxygens (including phenoxy) is 1. The number of carbonyl (C=O) groups excluding carboxylic acids is 1. The highest BCUT2D eigenvalue weighted by Crippen LogP contribution is 2.44. The van der Waals surface area contributed by atoms with Crippen LogP contribution in [-0.4, -0.2) is 46.5 Å². The standard InChI is InChI=1S/C25H28FN3O2/c26-22-6-2-1-5-21(22)25(9-3-4-10-25)24(30)29-13-14-31-18-20(17-29)15-19-7-8-23-27-11-12-28(23)16-19/h1-2,5-8,11-12,16,20H,3-4,9-10,13-15,17-18H2. The van der Waals surface area contributed by atoms with Gasteiger partial charge in [0.15, 0.2) is 0 Å². The molecule has 2 aliphatic rings. The van der Waals surface area contributed by atoms with E-state index in [1.165, 1.54) is 11.6 Å². The van der Waals surface area contributed by atoms with E-state index in [0.717, 1.165) is 24.9 Å². The van der Waals surface area contributed by atoms with Crippen molar-refractivity contribution in [2.75, 3.05) is 26.3 Å². The molecule has 5 rings (SSSR count). The predicted molar refractivity (Wildman–Crippen MR) is 116 cm³/mol. The van der Waals surface area contributed by atoms with Crippen LogP contribution in [0.3, 0.4) is 0 Å². The van der Waals surface area contributed by atoms with Gasteiger partial charge in [-0.05, 0) is 37.0 Å². The number of hydrogen-bond donors (Lipinski definition) is 0. The van der Waals surface area contributed by atoms with Crippen molar-refractivity contribution in [3.8, 4) is 0 Å². The second-order valence-corrected chi connectivity index (χ2v) is 8.90. The number of aromatic nitrogens is 2. The Balaban J connectivity index is 1.38. The maximum atomic E-state index is 14.8. The molecule has 162 valence electrons. The fourth-order valence-electron chi connectivity index (χ4n) is 5.34. The summed E-state index contributed by atoms with van der Waals surface area (Å²) in [6, 6.07) is 10.9. The highest BCUT2D eigenvalue weighted by molar-refractivity contribution is 5.88. The molecule has 1 aliphatic carbocycles. The Kier molecular flexibility index (Phi) is 5.48. The molecule has 1 atom stereocenters. The second kappa shape index (κ2) is 8.42. The third-order valence-electron chi connectivity index (χ3n) is 6.86. The van der Waals surface area contributed by atoms with Crippen molar-refractivity contribution in [2.45, 2.75) is 37.5 Å². The number of benzene rings is 1. The van der Waals surface area contributed by atoms with Crippen LogP contribution in [0.15, 0.2) is 55.0 Å². The summed E-state index contributed by atoms with van der Waals surface area (Å²) in [5.74, 6) is -0.00355. The summed E-state index contributed by atoms with van der Waals surface area (Å²) in [5, 5.41) is 0. The van der Waals surface area contributed by atoms with Crippen LogP contribution < -0.4 is 0 Å². The summed E-state index contributed by atoms with van der Waals surface area (Å²) in [7, 11) is 0. The lowest BCUT2D eigenvalue weighted by Gasteiger charge is -2.35. The van der Waals surface area contributed by atoms with Crippen molar-refractivity contribution in [1.29, 1.82) is 0 Å². The first kappa shape index (κ1) is 20.2. The zero-order valence-electron chi connectivity index (χ0n) is 17.7. The molecule has 3 aromatic rings. The zero-order chi connectivity index (χ0) is 21.3. The van der Waals surface area contributed by atoms with Crippen molar-refractivity contribution in [2.24, 2.45) is 5.92 Å². The SMILES string of the molecule is O=C(N1CCOCC(Cc2ccc3nccn3c2)C1)C1(c2ccccc2F)CCCC1. The van der Waals surface area contributed by atoms with E-state index in [4.69, 9.17) is 4.74 Å². The van der Waals surface area contributed by atoms with Crippen LogP contribution in [0.5, 0.6) is 0 Å². The Labute approximate surface area is 181 Å². The monoisotopic (exact) mass is 421 g/mol. The van der Waals surface area contributed by atoms with Gasteiger partial charge in [0, 0.05) is 43.2 Å². The van der Waals surface area contributed by atoms with Crippen LogP contribution in [0.2, 0.25) is 0 Å². The molecular weight excluding hydrogens is 393 g/mol. The molecule has 0 N–H and O–H groups in total. The smallest absolute Gasteiger partial charge is 0.233 e. The Morgan fingerprint density at radius 2 is 2.03 bits per heavy atom. The van der Waals surface area contributed by atoms with Gasteiger partial charge in [0.1, 0.15) is 11.5 Å². The van der Waals surface area contributed by atoms with Crippen LogP contribution in [0.1, 0.15) is 36.8 Å². The summed E-state index contributed by atoms with van der Waals surface area (Å²) in [6.45, 7) is 2.34. The van der Waals surface area contributed by atoms with Gasteiger partial charge in [0.25, 0.3) is 0 Å². The minimum Gasteiger partial charge on any atom is -0.379 e.